The second kappa shape index (κ2) is 1.19. The van der Waals surface area contributed by atoms with Crippen LogP contribution in [0.2, 0.25) is 0 Å². The molecule has 3 aliphatic rings. The highest BCUT2D eigenvalue weighted by Gasteiger charge is 2.63. The molecule has 0 aromatic rings. The van der Waals surface area contributed by atoms with Crippen molar-refractivity contribution in [3.63, 3.8) is 0 Å². The highest BCUT2D eigenvalue weighted by molar-refractivity contribution is 7.81. The van der Waals surface area contributed by atoms with Crippen LogP contribution < -0.4 is 0 Å². The molecular weight excluding hydrogens is 130 g/mol. The van der Waals surface area contributed by atoms with E-state index in [1.165, 1.54) is 25.7 Å². The molecule has 2 unspecified atom stereocenters. The van der Waals surface area contributed by atoms with Gasteiger partial charge in [0.1, 0.15) is 0 Å². The number of nitrogens with zero attached hydrogens (tertiary/aromatic N) is 1. The molecule has 3 aliphatic heterocycles. The first kappa shape index (κ1) is 5.03. The smallest absolute Gasteiger partial charge is 0.0675 e. The van der Waals surface area contributed by atoms with E-state index in [9.17, 15) is 0 Å². The fourth-order valence-electron chi connectivity index (χ4n) is 2.87. The van der Waals surface area contributed by atoms with Crippen molar-refractivity contribution in [2.24, 2.45) is 0 Å². The van der Waals surface area contributed by atoms with Gasteiger partial charge in [0.2, 0.25) is 0 Å². The summed E-state index contributed by atoms with van der Waals surface area (Å²) < 4.78 is 0. The zero-order valence-corrected chi connectivity index (χ0v) is 6.27. The fourth-order valence-corrected chi connectivity index (χ4v) is 3.61. The Hall–Kier alpha value is 0.310. The Labute approximate surface area is 60.8 Å². The minimum absolute atomic E-state index is 0.395. The summed E-state index contributed by atoms with van der Waals surface area (Å²) in [5, 5.41) is 0. The molecule has 3 saturated heterocycles. The fraction of sp³-hybridized carbons (Fsp3) is 1.00. The zero-order valence-electron chi connectivity index (χ0n) is 5.38. The van der Waals surface area contributed by atoms with Crippen molar-refractivity contribution in [3.8, 4) is 0 Å². The molecule has 0 aliphatic carbocycles. The van der Waals surface area contributed by atoms with Crippen LogP contribution in [-0.2, 0) is 0 Å². The van der Waals surface area contributed by atoms with Crippen LogP contribution in [-0.4, -0.2) is 21.9 Å². The van der Waals surface area contributed by atoms with E-state index >= 15 is 0 Å². The van der Waals surface area contributed by atoms with Crippen molar-refractivity contribution in [2.75, 3.05) is 0 Å². The van der Waals surface area contributed by atoms with Gasteiger partial charge in [-0.05, 0) is 25.7 Å². The predicted molar refractivity (Wildman–Crippen MR) is 39.6 cm³/mol. The lowest BCUT2D eigenvalue weighted by Crippen LogP contribution is -2.72. The summed E-state index contributed by atoms with van der Waals surface area (Å²) in [5.74, 6) is 0. The first-order valence-electron chi connectivity index (χ1n) is 3.80. The SMILES string of the molecule is SC12CC3CCC(C1)N32. The van der Waals surface area contributed by atoms with Gasteiger partial charge >= 0.3 is 0 Å². The molecule has 0 spiro atoms. The summed E-state index contributed by atoms with van der Waals surface area (Å²) in [6.45, 7) is 0. The summed E-state index contributed by atoms with van der Waals surface area (Å²) in [7, 11) is 0. The van der Waals surface area contributed by atoms with Crippen LogP contribution >= 0.6 is 12.6 Å². The first-order valence-corrected chi connectivity index (χ1v) is 4.25. The third-order valence-corrected chi connectivity index (χ3v) is 3.82. The van der Waals surface area contributed by atoms with Gasteiger partial charge in [0.05, 0.1) is 4.87 Å². The number of piperidine rings is 1. The van der Waals surface area contributed by atoms with Gasteiger partial charge in [0, 0.05) is 12.1 Å². The maximum atomic E-state index is 4.61. The van der Waals surface area contributed by atoms with Crippen molar-refractivity contribution in [2.45, 2.75) is 42.6 Å². The van der Waals surface area contributed by atoms with Gasteiger partial charge < -0.3 is 0 Å². The average Bonchev–Trinajstić information content (AvgIpc) is 1.90. The number of rotatable bonds is 0. The van der Waals surface area contributed by atoms with Crippen molar-refractivity contribution >= 4 is 12.6 Å². The van der Waals surface area contributed by atoms with E-state index in [2.05, 4.69) is 17.5 Å². The molecule has 0 bridgehead atoms. The maximum Gasteiger partial charge on any atom is 0.0675 e. The van der Waals surface area contributed by atoms with E-state index in [1.807, 2.05) is 0 Å². The third kappa shape index (κ3) is 0.385. The largest absolute Gasteiger partial charge is 0.283 e. The maximum absolute atomic E-state index is 4.61. The van der Waals surface area contributed by atoms with Crippen LogP contribution in [0.25, 0.3) is 0 Å². The summed E-state index contributed by atoms with van der Waals surface area (Å²) in [4.78, 5) is 3.00. The molecule has 50 valence electrons. The Balaban J connectivity index is 1.97. The molecule has 1 nitrogen and oxygen atoms in total. The highest BCUT2D eigenvalue weighted by Crippen LogP contribution is 2.60. The number of hydrogen-bond donors (Lipinski definition) is 1. The van der Waals surface area contributed by atoms with Crippen LogP contribution in [0, 0.1) is 0 Å². The normalized spacial score (nSPS) is 62.3. The van der Waals surface area contributed by atoms with E-state index in [1.54, 1.807) is 0 Å². The molecule has 0 saturated carbocycles. The molecule has 2 heteroatoms. The Kier molecular flexibility index (Phi) is 0.665. The topological polar surface area (TPSA) is 3.24 Å². The van der Waals surface area contributed by atoms with Gasteiger partial charge in [-0.25, -0.2) is 0 Å². The van der Waals surface area contributed by atoms with Gasteiger partial charge in [-0.3, -0.25) is 4.90 Å². The molecule has 2 atom stereocenters. The Morgan fingerprint density at radius 3 is 2.11 bits per heavy atom. The molecule has 9 heavy (non-hydrogen) atoms. The zero-order chi connectivity index (χ0) is 6.06. The summed E-state index contributed by atoms with van der Waals surface area (Å²) in [6, 6.07) is 1.89. The summed E-state index contributed by atoms with van der Waals surface area (Å²) in [6.07, 6.45) is 5.64. The van der Waals surface area contributed by atoms with E-state index in [4.69, 9.17) is 0 Å². The molecule has 3 fully saturated rings. The lowest BCUT2D eigenvalue weighted by atomic mass is 9.81. The van der Waals surface area contributed by atoms with Crippen molar-refractivity contribution in [3.05, 3.63) is 0 Å². The Bertz CT molecular complexity index is 154. The van der Waals surface area contributed by atoms with Gasteiger partial charge in [0.15, 0.2) is 0 Å². The molecule has 3 heterocycles. The Morgan fingerprint density at radius 1 is 1.22 bits per heavy atom. The van der Waals surface area contributed by atoms with Gasteiger partial charge in [0.25, 0.3) is 0 Å². The minimum Gasteiger partial charge on any atom is -0.283 e. The van der Waals surface area contributed by atoms with Crippen LogP contribution in [0.15, 0.2) is 0 Å². The van der Waals surface area contributed by atoms with Gasteiger partial charge in [-0.2, -0.15) is 12.6 Å². The third-order valence-electron chi connectivity index (χ3n) is 3.23. The van der Waals surface area contributed by atoms with E-state index in [0.717, 1.165) is 12.1 Å². The number of thiol groups is 1. The average molecular weight is 141 g/mol. The summed E-state index contributed by atoms with van der Waals surface area (Å²) >= 11 is 4.61. The highest BCUT2D eigenvalue weighted by atomic mass is 32.1. The Morgan fingerprint density at radius 2 is 1.78 bits per heavy atom. The van der Waals surface area contributed by atoms with Crippen molar-refractivity contribution in [1.82, 2.24) is 4.90 Å². The van der Waals surface area contributed by atoms with E-state index < -0.39 is 0 Å². The van der Waals surface area contributed by atoms with E-state index in [0.29, 0.717) is 4.87 Å². The first-order chi connectivity index (χ1) is 4.30. The second-order valence-electron chi connectivity index (χ2n) is 3.68. The summed E-state index contributed by atoms with van der Waals surface area (Å²) in [5.41, 5.74) is 0. The van der Waals surface area contributed by atoms with Gasteiger partial charge in [-0.15, -0.1) is 0 Å². The standard InChI is InChI=1S/C7H11NS/c9-7-3-5-1-2-6(4-7)8(5)7/h5-6,9H,1-4H2. The van der Waals surface area contributed by atoms with Crippen LogP contribution in [0.5, 0.6) is 0 Å². The van der Waals surface area contributed by atoms with Crippen molar-refractivity contribution in [1.29, 1.82) is 0 Å². The van der Waals surface area contributed by atoms with Crippen LogP contribution in [0.1, 0.15) is 25.7 Å². The minimum atomic E-state index is 0.395. The molecule has 0 amide bonds. The van der Waals surface area contributed by atoms with Gasteiger partial charge in [-0.1, -0.05) is 0 Å². The quantitative estimate of drug-likeness (QED) is 0.497. The monoisotopic (exact) mass is 141 g/mol. The van der Waals surface area contributed by atoms with E-state index in [-0.39, 0.29) is 0 Å². The lowest BCUT2D eigenvalue weighted by molar-refractivity contribution is -0.0997. The molecular formula is C7H11NS. The number of hydrogen-bond acceptors (Lipinski definition) is 2. The predicted octanol–water partition coefficient (Wildman–Crippen LogP) is 1.25. The molecule has 0 aromatic heterocycles. The van der Waals surface area contributed by atoms with Crippen LogP contribution in [0.4, 0.5) is 0 Å². The molecule has 0 N–H and O–H groups in total. The molecule has 0 aromatic carbocycles. The molecule has 3 rings (SSSR count). The van der Waals surface area contributed by atoms with Crippen molar-refractivity contribution < 1.29 is 0 Å². The molecule has 0 radical (unpaired) electrons. The lowest BCUT2D eigenvalue weighted by Gasteiger charge is -2.64. The second-order valence-corrected chi connectivity index (χ2v) is 4.52. The van der Waals surface area contributed by atoms with Crippen LogP contribution in [0.3, 0.4) is 0 Å².